The zero-order chi connectivity index (χ0) is 23.4. The van der Waals surface area contributed by atoms with Crippen molar-refractivity contribution in [3.05, 3.63) is 0 Å². The Hall–Kier alpha value is -2.34. The SMILES string of the molecule is CCC(C)C(N)C(=O)NC(CCSC)C(=O)NC(C)C(=O)NC(CC(N)=O)C(=O)O. The molecule has 0 aromatic rings. The molecule has 0 heterocycles. The molecule has 0 radical (unpaired) electrons. The lowest BCUT2D eigenvalue weighted by molar-refractivity contribution is -0.143. The summed E-state index contributed by atoms with van der Waals surface area (Å²) in [4.78, 5) is 59.3. The van der Waals surface area contributed by atoms with Crippen molar-refractivity contribution in [3.8, 4) is 0 Å². The summed E-state index contributed by atoms with van der Waals surface area (Å²) < 4.78 is 0. The summed E-state index contributed by atoms with van der Waals surface area (Å²) in [5.74, 6) is -3.67. The number of thioether (sulfide) groups is 1. The van der Waals surface area contributed by atoms with Gasteiger partial charge in [0.05, 0.1) is 12.5 Å². The van der Waals surface area contributed by atoms with E-state index >= 15 is 0 Å². The highest BCUT2D eigenvalue weighted by Gasteiger charge is 2.29. The first-order valence-corrected chi connectivity index (χ1v) is 11.0. The Kier molecular flexibility index (Phi) is 12.7. The first kappa shape index (κ1) is 27.7. The summed E-state index contributed by atoms with van der Waals surface area (Å²) in [5, 5.41) is 16.3. The Bertz CT molecular complexity index is 632. The van der Waals surface area contributed by atoms with Crippen molar-refractivity contribution in [2.45, 2.75) is 64.2 Å². The number of hydrogen-bond acceptors (Lipinski definition) is 7. The first-order chi connectivity index (χ1) is 13.9. The van der Waals surface area contributed by atoms with Crippen molar-refractivity contribution >= 4 is 41.4 Å². The third-order valence-corrected chi connectivity index (χ3v) is 5.22. The normalized spacial score (nSPS) is 15.8. The lowest BCUT2D eigenvalue weighted by Crippen LogP contribution is -2.57. The molecular weight excluding hydrogens is 414 g/mol. The van der Waals surface area contributed by atoms with Crippen molar-refractivity contribution < 1.29 is 29.1 Å². The Morgan fingerprint density at radius 2 is 1.53 bits per heavy atom. The van der Waals surface area contributed by atoms with E-state index in [2.05, 4.69) is 16.0 Å². The number of carbonyl (C=O) groups is 5. The molecule has 0 fully saturated rings. The van der Waals surface area contributed by atoms with Gasteiger partial charge in [-0.2, -0.15) is 11.8 Å². The van der Waals surface area contributed by atoms with Crippen LogP contribution in [0.1, 0.15) is 40.0 Å². The Morgan fingerprint density at radius 3 is 2.00 bits per heavy atom. The van der Waals surface area contributed by atoms with Crippen LogP contribution >= 0.6 is 11.8 Å². The third kappa shape index (κ3) is 9.92. The zero-order valence-corrected chi connectivity index (χ0v) is 18.6. The van der Waals surface area contributed by atoms with Crippen LogP contribution in [0.3, 0.4) is 0 Å². The molecular formula is C18H33N5O6S. The molecule has 30 heavy (non-hydrogen) atoms. The minimum Gasteiger partial charge on any atom is -0.480 e. The van der Waals surface area contributed by atoms with Gasteiger partial charge in [-0.1, -0.05) is 20.3 Å². The van der Waals surface area contributed by atoms with Crippen molar-refractivity contribution in [1.82, 2.24) is 16.0 Å². The Morgan fingerprint density at radius 1 is 0.967 bits per heavy atom. The van der Waals surface area contributed by atoms with Crippen LogP contribution in [-0.2, 0) is 24.0 Å². The molecule has 12 heteroatoms. The highest BCUT2D eigenvalue weighted by atomic mass is 32.2. The molecule has 0 saturated carbocycles. The molecule has 0 rings (SSSR count). The monoisotopic (exact) mass is 447 g/mol. The zero-order valence-electron chi connectivity index (χ0n) is 17.8. The van der Waals surface area contributed by atoms with E-state index in [1.54, 1.807) is 0 Å². The summed E-state index contributed by atoms with van der Waals surface area (Å²) in [5.41, 5.74) is 10.9. The van der Waals surface area contributed by atoms with E-state index in [1.165, 1.54) is 18.7 Å². The number of primary amides is 1. The van der Waals surface area contributed by atoms with Gasteiger partial charge in [0, 0.05) is 0 Å². The van der Waals surface area contributed by atoms with Gasteiger partial charge in [0.25, 0.3) is 0 Å². The second-order valence-corrected chi connectivity index (χ2v) is 8.04. The molecule has 0 spiro atoms. The fourth-order valence-corrected chi connectivity index (χ4v) is 2.83. The largest absolute Gasteiger partial charge is 0.480 e. The van der Waals surface area contributed by atoms with Crippen LogP contribution in [0.25, 0.3) is 0 Å². The van der Waals surface area contributed by atoms with Gasteiger partial charge in [-0.15, -0.1) is 0 Å². The first-order valence-electron chi connectivity index (χ1n) is 9.61. The number of rotatable bonds is 14. The number of carbonyl (C=O) groups excluding carboxylic acids is 4. The quantitative estimate of drug-likeness (QED) is 0.186. The molecule has 0 aliphatic heterocycles. The predicted molar refractivity (Wildman–Crippen MR) is 113 cm³/mol. The lowest BCUT2D eigenvalue weighted by Gasteiger charge is -2.24. The minimum absolute atomic E-state index is 0.0721. The van der Waals surface area contributed by atoms with E-state index in [0.29, 0.717) is 18.6 Å². The fourth-order valence-electron chi connectivity index (χ4n) is 2.36. The van der Waals surface area contributed by atoms with Crippen LogP contribution in [0.15, 0.2) is 0 Å². The highest BCUT2D eigenvalue weighted by molar-refractivity contribution is 7.98. The molecule has 5 atom stereocenters. The summed E-state index contributed by atoms with van der Waals surface area (Å²) in [7, 11) is 0. The topological polar surface area (TPSA) is 194 Å². The average molecular weight is 448 g/mol. The van der Waals surface area contributed by atoms with Gasteiger partial charge in [-0.25, -0.2) is 4.79 Å². The maximum atomic E-state index is 12.6. The van der Waals surface area contributed by atoms with E-state index in [0.717, 1.165) is 0 Å². The number of nitrogens with one attached hydrogen (secondary N) is 3. The number of aliphatic carboxylic acids is 1. The second-order valence-electron chi connectivity index (χ2n) is 7.05. The molecule has 0 bridgehead atoms. The van der Waals surface area contributed by atoms with Crippen molar-refractivity contribution in [2.24, 2.45) is 17.4 Å². The molecule has 0 saturated heterocycles. The number of carboxylic acid groups (broad SMARTS) is 1. The van der Waals surface area contributed by atoms with Crippen LogP contribution in [0.4, 0.5) is 0 Å². The minimum atomic E-state index is -1.50. The van der Waals surface area contributed by atoms with E-state index in [-0.39, 0.29) is 5.92 Å². The average Bonchev–Trinajstić information content (AvgIpc) is 2.68. The van der Waals surface area contributed by atoms with E-state index < -0.39 is 60.2 Å². The summed E-state index contributed by atoms with van der Waals surface area (Å²) in [6.07, 6.45) is 2.29. The van der Waals surface area contributed by atoms with Gasteiger partial charge in [0.15, 0.2) is 0 Å². The van der Waals surface area contributed by atoms with Gasteiger partial charge in [-0.3, -0.25) is 19.2 Å². The van der Waals surface area contributed by atoms with E-state index in [1.807, 2.05) is 20.1 Å². The molecule has 0 aliphatic carbocycles. The Labute approximate surface area is 180 Å². The van der Waals surface area contributed by atoms with Crippen molar-refractivity contribution in [2.75, 3.05) is 12.0 Å². The van der Waals surface area contributed by atoms with Crippen LogP contribution in [0.2, 0.25) is 0 Å². The summed E-state index contributed by atoms with van der Waals surface area (Å²) in [6, 6.07) is -4.29. The van der Waals surface area contributed by atoms with Crippen LogP contribution in [0, 0.1) is 5.92 Å². The maximum Gasteiger partial charge on any atom is 0.326 e. The van der Waals surface area contributed by atoms with Gasteiger partial charge in [-0.05, 0) is 31.3 Å². The molecule has 8 N–H and O–H groups in total. The number of amides is 4. The molecule has 0 aliphatic rings. The molecule has 172 valence electrons. The van der Waals surface area contributed by atoms with Crippen LogP contribution in [-0.4, -0.2) is 70.9 Å². The number of hydrogen-bond donors (Lipinski definition) is 6. The summed E-state index contributed by atoms with van der Waals surface area (Å²) >= 11 is 1.49. The molecule has 0 aromatic carbocycles. The molecule has 4 amide bonds. The fraction of sp³-hybridized carbons (Fsp3) is 0.722. The smallest absolute Gasteiger partial charge is 0.326 e. The molecule has 0 aromatic heterocycles. The van der Waals surface area contributed by atoms with Gasteiger partial charge >= 0.3 is 5.97 Å². The maximum absolute atomic E-state index is 12.6. The van der Waals surface area contributed by atoms with Crippen molar-refractivity contribution in [1.29, 1.82) is 0 Å². The van der Waals surface area contributed by atoms with Gasteiger partial charge in [0.1, 0.15) is 18.1 Å². The summed E-state index contributed by atoms with van der Waals surface area (Å²) in [6.45, 7) is 5.09. The predicted octanol–water partition coefficient (Wildman–Crippen LogP) is -1.45. The number of carboxylic acids is 1. The Balaban J connectivity index is 5.07. The van der Waals surface area contributed by atoms with Crippen LogP contribution in [0.5, 0.6) is 0 Å². The lowest BCUT2D eigenvalue weighted by atomic mass is 9.99. The second kappa shape index (κ2) is 13.8. The van der Waals surface area contributed by atoms with Gasteiger partial charge < -0.3 is 32.5 Å². The van der Waals surface area contributed by atoms with E-state index in [9.17, 15) is 24.0 Å². The van der Waals surface area contributed by atoms with Crippen LogP contribution < -0.4 is 27.4 Å². The molecule has 11 nitrogen and oxygen atoms in total. The standard InChI is InChI=1S/C18H33N5O6S/c1-5-9(2)14(20)17(27)22-11(6-7-30-4)16(26)21-10(3)15(25)23-12(18(28)29)8-13(19)24/h9-12,14H,5-8,20H2,1-4H3,(H2,19,24)(H,21,26)(H,22,27)(H,23,25)(H,28,29). The highest BCUT2D eigenvalue weighted by Crippen LogP contribution is 2.07. The van der Waals surface area contributed by atoms with E-state index in [4.69, 9.17) is 16.6 Å². The van der Waals surface area contributed by atoms with Gasteiger partial charge in [0.2, 0.25) is 23.6 Å². The molecule has 5 unspecified atom stereocenters. The number of nitrogens with two attached hydrogens (primary N) is 2. The third-order valence-electron chi connectivity index (χ3n) is 4.58. The van der Waals surface area contributed by atoms with Crippen molar-refractivity contribution in [3.63, 3.8) is 0 Å².